The molecule has 1 saturated carbocycles. The summed E-state index contributed by atoms with van der Waals surface area (Å²) >= 11 is 0. The van der Waals surface area contributed by atoms with Gasteiger partial charge in [0.25, 0.3) is 5.92 Å². The highest BCUT2D eigenvalue weighted by Crippen LogP contribution is 2.54. The fourth-order valence-corrected chi connectivity index (χ4v) is 2.59. The third-order valence-electron chi connectivity index (χ3n) is 3.29. The van der Waals surface area contributed by atoms with E-state index in [-0.39, 0.29) is 13.2 Å². The maximum Gasteiger partial charge on any atom is 0.302 e. The molecule has 3 atom stereocenters. The van der Waals surface area contributed by atoms with Crippen LogP contribution in [-0.4, -0.2) is 43.9 Å². The third-order valence-corrected chi connectivity index (χ3v) is 3.29. The van der Waals surface area contributed by atoms with E-state index in [0.29, 0.717) is 0 Å². The smallest absolute Gasteiger partial charge is 0.302 e. The van der Waals surface area contributed by atoms with E-state index in [2.05, 4.69) is 0 Å². The Kier molecular flexibility index (Phi) is 2.66. The molecule has 0 unspecified atom stereocenters. The van der Waals surface area contributed by atoms with Crippen LogP contribution in [0.1, 0.15) is 13.3 Å². The van der Waals surface area contributed by atoms with E-state index in [4.69, 9.17) is 14.2 Å². The molecule has 0 N–H and O–H groups in total. The number of carbonyl (C=O) groups excluding carboxylic acids is 1. The first kappa shape index (κ1) is 11.7. The molecule has 0 aromatic heterocycles. The van der Waals surface area contributed by atoms with Crippen molar-refractivity contribution < 1.29 is 27.8 Å². The van der Waals surface area contributed by atoms with Gasteiger partial charge in [-0.05, 0) is 0 Å². The van der Waals surface area contributed by atoms with Gasteiger partial charge in [0.2, 0.25) is 0 Å². The lowest BCUT2D eigenvalue weighted by molar-refractivity contribution is -0.170. The summed E-state index contributed by atoms with van der Waals surface area (Å²) in [6, 6.07) is 0. The van der Waals surface area contributed by atoms with Crippen molar-refractivity contribution in [2.75, 3.05) is 20.3 Å². The molecule has 2 bridgehead atoms. The molecule has 0 radical (unpaired) electrons. The molecule has 2 aliphatic rings. The largest absolute Gasteiger partial charge is 0.463 e. The van der Waals surface area contributed by atoms with E-state index in [1.807, 2.05) is 0 Å². The summed E-state index contributed by atoms with van der Waals surface area (Å²) in [4.78, 5) is 10.7. The molecule has 0 spiro atoms. The number of alkyl halides is 2. The summed E-state index contributed by atoms with van der Waals surface area (Å²) < 4.78 is 42.3. The van der Waals surface area contributed by atoms with Gasteiger partial charge < -0.3 is 14.2 Å². The van der Waals surface area contributed by atoms with Gasteiger partial charge in [-0.15, -0.1) is 0 Å². The van der Waals surface area contributed by atoms with Crippen molar-refractivity contribution in [3.05, 3.63) is 0 Å². The predicted molar refractivity (Wildman–Crippen MR) is 49.2 cm³/mol. The second-order valence-electron chi connectivity index (χ2n) is 4.36. The van der Waals surface area contributed by atoms with E-state index in [0.717, 1.165) is 0 Å². The fraction of sp³-hybridized carbons (Fsp3) is 0.900. The molecule has 2 fully saturated rings. The molecule has 1 saturated heterocycles. The molecule has 6 heteroatoms. The second-order valence-corrected chi connectivity index (χ2v) is 4.36. The number of ether oxygens (including phenoxy) is 3. The maximum atomic E-state index is 13.5. The van der Waals surface area contributed by atoms with Gasteiger partial charge in [-0.3, -0.25) is 4.79 Å². The van der Waals surface area contributed by atoms with Gasteiger partial charge in [0.1, 0.15) is 18.3 Å². The number of methoxy groups -OCH3 is 1. The van der Waals surface area contributed by atoms with Crippen LogP contribution >= 0.6 is 0 Å². The summed E-state index contributed by atoms with van der Waals surface area (Å²) in [6.45, 7) is 1.01. The molecule has 0 aromatic rings. The first-order chi connectivity index (χ1) is 7.41. The zero-order valence-electron chi connectivity index (χ0n) is 9.16. The predicted octanol–water partition coefficient (Wildman–Crippen LogP) is 0.989. The summed E-state index contributed by atoms with van der Waals surface area (Å²) in [7, 11) is 1.37. The average molecular weight is 236 g/mol. The Hall–Kier alpha value is -0.750. The fourth-order valence-electron chi connectivity index (χ4n) is 2.59. The Labute approximate surface area is 91.8 Å². The molecule has 1 aliphatic heterocycles. The SMILES string of the molecule is CO[C@H]1[C@@H]2CO[C@@]1(COC(C)=O)CC2(F)F. The molecule has 1 aliphatic carbocycles. The van der Waals surface area contributed by atoms with E-state index in [1.165, 1.54) is 14.0 Å². The first-order valence-corrected chi connectivity index (χ1v) is 5.09. The van der Waals surface area contributed by atoms with Crippen LogP contribution in [-0.2, 0) is 19.0 Å². The van der Waals surface area contributed by atoms with Crippen LogP contribution in [0.4, 0.5) is 8.78 Å². The maximum absolute atomic E-state index is 13.5. The van der Waals surface area contributed by atoms with Gasteiger partial charge in [-0.2, -0.15) is 0 Å². The summed E-state index contributed by atoms with van der Waals surface area (Å²) in [6.07, 6.45) is -1.15. The standard InChI is InChI=1S/C10H14F2O4/c1-6(13)15-5-9-4-10(11,12)7(3-16-9)8(9)14-2/h7-8H,3-5H2,1-2H3/t7-,8-,9+/m0/s1. The number of esters is 1. The quantitative estimate of drug-likeness (QED) is 0.685. The van der Waals surface area contributed by atoms with Gasteiger partial charge >= 0.3 is 5.97 Å². The van der Waals surface area contributed by atoms with E-state index < -0.39 is 35.9 Å². The molecule has 2 rings (SSSR count). The molecule has 16 heavy (non-hydrogen) atoms. The Morgan fingerprint density at radius 3 is 2.75 bits per heavy atom. The zero-order chi connectivity index (χ0) is 12.0. The van der Waals surface area contributed by atoms with Gasteiger partial charge in [-0.1, -0.05) is 0 Å². The number of hydrogen-bond donors (Lipinski definition) is 0. The van der Waals surface area contributed by atoms with Crippen molar-refractivity contribution in [2.24, 2.45) is 5.92 Å². The van der Waals surface area contributed by atoms with Crippen LogP contribution < -0.4 is 0 Å². The lowest BCUT2D eigenvalue weighted by atomic mass is 10.0. The van der Waals surface area contributed by atoms with Crippen LogP contribution in [0.2, 0.25) is 0 Å². The highest BCUT2D eigenvalue weighted by Gasteiger charge is 2.69. The number of fused-ring (bicyclic) bond motifs is 2. The molecular weight excluding hydrogens is 222 g/mol. The molecule has 0 aromatic carbocycles. The highest BCUT2D eigenvalue weighted by atomic mass is 19.3. The summed E-state index contributed by atoms with van der Waals surface area (Å²) in [5.41, 5.74) is -1.17. The Balaban J connectivity index is 2.16. The van der Waals surface area contributed by atoms with E-state index in [1.54, 1.807) is 0 Å². The number of hydrogen-bond acceptors (Lipinski definition) is 4. The van der Waals surface area contributed by atoms with Gasteiger partial charge in [0.15, 0.2) is 0 Å². The second kappa shape index (κ2) is 3.63. The third kappa shape index (κ3) is 1.60. The minimum Gasteiger partial charge on any atom is -0.463 e. The van der Waals surface area contributed by atoms with Crippen molar-refractivity contribution in [3.63, 3.8) is 0 Å². The van der Waals surface area contributed by atoms with Crippen LogP contribution in [0.15, 0.2) is 0 Å². The number of carbonyl (C=O) groups is 1. The molecule has 4 nitrogen and oxygen atoms in total. The van der Waals surface area contributed by atoms with E-state index in [9.17, 15) is 13.6 Å². The summed E-state index contributed by atoms with van der Waals surface area (Å²) in [5, 5.41) is 0. The molecule has 1 heterocycles. The Bertz CT molecular complexity index is 307. The molecular formula is C10H14F2O4. The van der Waals surface area contributed by atoms with Crippen molar-refractivity contribution in [2.45, 2.75) is 31.0 Å². The monoisotopic (exact) mass is 236 g/mol. The highest BCUT2D eigenvalue weighted by molar-refractivity contribution is 5.66. The molecule has 92 valence electrons. The summed E-state index contributed by atoms with van der Waals surface area (Å²) in [5.74, 6) is -4.25. The Morgan fingerprint density at radius 2 is 2.25 bits per heavy atom. The van der Waals surface area contributed by atoms with Crippen LogP contribution in [0.3, 0.4) is 0 Å². The van der Waals surface area contributed by atoms with E-state index >= 15 is 0 Å². The van der Waals surface area contributed by atoms with Crippen LogP contribution in [0.5, 0.6) is 0 Å². The van der Waals surface area contributed by atoms with Crippen molar-refractivity contribution in [1.29, 1.82) is 0 Å². The minimum atomic E-state index is -2.81. The van der Waals surface area contributed by atoms with Crippen molar-refractivity contribution >= 4 is 5.97 Å². The van der Waals surface area contributed by atoms with Gasteiger partial charge in [0, 0.05) is 20.5 Å². The lowest BCUT2D eigenvalue weighted by Crippen LogP contribution is -2.43. The van der Waals surface area contributed by atoms with Crippen molar-refractivity contribution in [1.82, 2.24) is 0 Å². The zero-order valence-corrected chi connectivity index (χ0v) is 9.16. The number of halogens is 2. The van der Waals surface area contributed by atoms with Gasteiger partial charge in [0.05, 0.1) is 12.5 Å². The average Bonchev–Trinajstić information content (AvgIpc) is 2.63. The number of rotatable bonds is 3. The first-order valence-electron chi connectivity index (χ1n) is 5.09. The van der Waals surface area contributed by atoms with Crippen molar-refractivity contribution in [3.8, 4) is 0 Å². The molecule has 0 amide bonds. The van der Waals surface area contributed by atoms with Crippen LogP contribution in [0, 0.1) is 5.92 Å². The lowest BCUT2D eigenvalue weighted by Gasteiger charge is -2.30. The van der Waals surface area contributed by atoms with Gasteiger partial charge in [-0.25, -0.2) is 8.78 Å². The minimum absolute atomic E-state index is 0.0488. The Morgan fingerprint density at radius 1 is 1.56 bits per heavy atom. The normalized spacial score (nSPS) is 40.0. The van der Waals surface area contributed by atoms with Crippen LogP contribution in [0.25, 0.3) is 0 Å². The topological polar surface area (TPSA) is 44.8 Å².